The van der Waals surface area contributed by atoms with Crippen molar-refractivity contribution in [2.45, 2.75) is 137 Å². The lowest BCUT2D eigenvalue weighted by Crippen LogP contribution is -2.54. The van der Waals surface area contributed by atoms with Gasteiger partial charge in [-0.25, -0.2) is 4.79 Å². The van der Waals surface area contributed by atoms with Crippen molar-refractivity contribution in [3.63, 3.8) is 0 Å². The zero-order valence-corrected chi connectivity index (χ0v) is 40.8. The molecule has 1 aliphatic rings. The van der Waals surface area contributed by atoms with Crippen LogP contribution in [0.4, 0.5) is 0 Å². The van der Waals surface area contributed by atoms with Gasteiger partial charge in [0, 0.05) is 6.04 Å². The molecule has 0 unspecified atom stereocenters. The molecule has 2 rings (SSSR count). The summed E-state index contributed by atoms with van der Waals surface area (Å²) in [5, 5.41) is 0. The average molecular weight is 856 g/mol. The van der Waals surface area contributed by atoms with Gasteiger partial charge in [0.15, 0.2) is 16.6 Å². The van der Waals surface area contributed by atoms with Gasteiger partial charge in [-0.1, -0.05) is 144 Å². The Morgan fingerprint density at radius 3 is 1.80 bits per heavy atom. The van der Waals surface area contributed by atoms with Gasteiger partial charge >= 0.3 is 5.97 Å². The molecule has 0 radical (unpaired) electrons. The normalized spacial score (nSPS) is 17.2. The Hall–Kier alpha value is -4.36. The van der Waals surface area contributed by atoms with Crippen molar-refractivity contribution in [2.75, 3.05) is 14.2 Å². The first-order valence-electron chi connectivity index (χ1n) is 21.7. The van der Waals surface area contributed by atoms with Crippen LogP contribution in [0.1, 0.15) is 103 Å². The number of esters is 1. The molecule has 1 aromatic carbocycles. The minimum absolute atomic E-state index is 0.142. The molecule has 0 N–H and O–H groups in total. The lowest BCUT2D eigenvalue weighted by molar-refractivity contribution is -0.139. The second-order valence-electron chi connectivity index (χ2n) is 15.7. The quantitative estimate of drug-likeness (QED) is 0.0241. The van der Waals surface area contributed by atoms with Crippen LogP contribution in [0.5, 0.6) is 0 Å². The Balaban J connectivity index is 2.37. The fraction of sp³-hybridized carbons (Fsp3) is 0.460. The van der Waals surface area contributed by atoms with E-state index in [0.29, 0.717) is 17.5 Å². The molecular formula is C50H73NO7Si2. The topological polar surface area (TPSA) is 91.4 Å². The van der Waals surface area contributed by atoms with Crippen LogP contribution in [0.2, 0.25) is 36.3 Å². The van der Waals surface area contributed by atoms with E-state index in [1.54, 1.807) is 30.3 Å². The number of nitrogens with zero attached hydrogens (tertiary/aromatic N) is 1. The highest BCUT2D eigenvalue weighted by Gasteiger charge is 2.44. The molecule has 10 heteroatoms. The molecular weight excluding hydrogens is 783 g/mol. The minimum Gasteiger partial charge on any atom is -0.490 e. The van der Waals surface area contributed by atoms with Gasteiger partial charge in [-0.05, 0) is 101 Å². The molecule has 0 fully saturated rings. The smallest absolute Gasteiger partial charge is 0.373 e. The molecule has 0 bridgehead atoms. The van der Waals surface area contributed by atoms with Gasteiger partial charge in [-0.2, -0.15) is 0 Å². The summed E-state index contributed by atoms with van der Waals surface area (Å²) in [6.07, 6.45) is 28.6. The second-order valence-corrected chi connectivity index (χ2v) is 25.2. The van der Waals surface area contributed by atoms with Gasteiger partial charge < -0.3 is 18.3 Å². The lowest BCUT2D eigenvalue weighted by Gasteiger charge is -2.45. The molecule has 1 aliphatic heterocycles. The number of allylic oxidation sites excluding steroid dienone is 14. The minimum atomic E-state index is -2.10. The third-order valence-electron chi connectivity index (χ3n) is 11.7. The maximum absolute atomic E-state index is 12.9. The molecule has 2 amide bonds. The van der Waals surface area contributed by atoms with Crippen LogP contribution in [-0.2, 0) is 23.1 Å². The van der Waals surface area contributed by atoms with E-state index in [-0.39, 0.29) is 29.7 Å². The van der Waals surface area contributed by atoms with Crippen molar-refractivity contribution in [3.05, 3.63) is 143 Å². The van der Waals surface area contributed by atoms with Crippen molar-refractivity contribution < 1.29 is 32.7 Å². The Morgan fingerprint density at radius 2 is 1.27 bits per heavy atom. The third-order valence-corrected chi connectivity index (χ3v) is 21.1. The number of fused-ring (bicyclic) bond motifs is 1. The number of amides is 2. The van der Waals surface area contributed by atoms with Gasteiger partial charge in [0.25, 0.3) is 11.8 Å². The van der Waals surface area contributed by atoms with E-state index in [0.717, 1.165) is 53.0 Å². The predicted molar refractivity (Wildman–Crippen MR) is 254 cm³/mol. The lowest BCUT2D eigenvalue weighted by atomic mass is 9.98. The van der Waals surface area contributed by atoms with Crippen LogP contribution in [0.15, 0.2) is 132 Å². The van der Waals surface area contributed by atoms with E-state index in [1.807, 2.05) is 57.2 Å². The number of methoxy groups -OCH3 is 2. The largest absolute Gasteiger partial charge is 0.490 e. The van der Waals surface area contributed by atoms with Crippen molar-refractivity contribution in [3.8, 4) is 0 Å². The van der Waals surface area contributed by atoms with E-state index in [1.165, 1.54) is 19.1 Å². The summed E-state index contributed by atoms with van der Waals surface area (Å²) < 4.78 is 24.7. The summed E-state index contributed by atoms with van der Waals surface area (Å²) >= 11 is 0. The molecule has 0 spiro atoms. The first kappa shape index (κ1) is 51.8. The molecule has 0 aromatic heterocycles. The van der Waals surface area contributed by atoms with E-state index in [4.69, 9.17) is 18.3 Å². The molecule has 328 valence electrons. The Bertz CT molecular complexity index is 1820. The monoisotopic (exact) mass is 855 g/mol. The van der Waals surface area contributed by atoms with Crippen LogP contribution in [0.3, 0.4) is 0 Å². The van der Waals surface area contributed by atoms with Crippen molar-refractivity contribution in [1.82, 2.24) is 4.90 Å². The molecule has 8 nitrogen and oxygen atoms in total. The van der Waals surface area contributed by atoms with Crippen LogP contribution in [0.25, 0.3) is 0 Å². The number of rotatable bonds is 25. The zero-order chi connectivity index (χ0) is 44.9. The summed E-state index contributed by atoms with van der Waals surface area (Å²) in [7, 11) is -1.39. The molecule has 0 aliphatic carbocycles. The standard InChI is InChI=1S/C50H73NO7Si2/c1-14-59(15-2,16-3)57-46(50(11,58-60(17-4,18-5)19-6)37-26-20-21-29-41(9)38-45(55-12)49(54)56-13)34-25-22-28-39(7)30-27-31-40(8)35-36-42(10)51-47(52)43-32-23-24-33-44(43)48(51)53/h20-35,37-38,42,46H,14-19,36H2,1-13H3/b21-20+,28-22+,31-27+,34-25+,37-26+,39-30+,40-35+,41-29+,45-38-/t42-,46-,50+/m0/s1. The van der Waals surface area contributed by atoms with Crippen LogP contribution in [0, 0.1) is 0 Å². The van der Waals surface area contributed by atoms with E-state index in [9.17, 15) is 14.4 Å². The highest BCUT2D eigenvalue weighted by atomic mass is 28.4. The summed E-state index contributed by atoms with van der Waals surface area (Å²) in [5.41, 5.74) is 3.21. The van der Waals surface area contributed by atoms with Gasteiger partial charge in [-0.15, -0.1) is 0 Å². The summed E-state index contributed by atoms with van der Waals surface area (Å²) in [5.74, 6) is -0.829. The van der Waals surface area contributed by atoms with E-state index >= 15 is 0 Å². The Kier molecular flexibility index (Phi) is 21.9. The molecule has 0 saturated carbocycles. The van der Waals surface area contributed by atoms with Gasteiger partial charge in [-0.3, -0.25) is 14.5 Å². The number of hydrogen-bond donors (Lipinski definition) is 0. The molecule has 0 saturated heterocycles. The number of carbonyl (C=O) groups is 3. The number of hydrogen-bond acceptors (Lipinski definition) is 7. The van der Waals surface area contributed by atoms with Crippen LogP contribution < -0.4 is 0 Å². The van der Waals surface area contributed by atoms with Crippen LogP contribution >= 0.6 is 0 Å². The maximum atomic E-state index is 12.9. The zero-order valence-electron chi connectivity index (χ0n) is 38.8. The maximum Gasteiger partial charge on any atom is 0.373 e. The van der Waals surface area contributed by atoms with Crippen molar-refractivity contribution in [2.24, 2.45) is 0 Å². The fourth-order valence-corrected chi connectivity index (χ4v) is 13.1. The molecule has 1 aromatic rings. The van der Waals surface area contributed by atoms with Gasteiger partial charge in [0.2, 0.25) is 5.76 Å². The summed E-state index contributed by atoms with van der Waals surface area (Å²) in [6, 6.07) is 12.9. The predicted octanol–water partition coefficient (Wildman–Crippen LogP) is 12.6. The van der Waals surface area contributed by atoms with Crippen molar-refractivity contribution >= 4 is 34.4 Å². The van der Waals surface area contributed by atoms with Crippen molar-refractivity contribution in [1.29, 1.82) is 0 Å². The Labute approximate surface area is 364 Å². The highest BCUT2D eigenvalue weighted by Crippen LogP contribution is 2.36. The molecule has 3 atom stereocenters. The third kappa shape index (κ3) is 14.7. The molecule has 60 heavy (non-hydrogen) atoms. The summed E-state index contributed by atoms with van der Waals surface area (Å²) in [4.78, 5) is 39.1. The molecule has 1 heterocycles. The number of benzene rings is 1. The first-order valence-corrected chi connectivity index (χ1v) is 26.7. The fourth-order valence-electron chi connectivity index (χ4n) is 7.23. The van der Waals surface area contributed by atoms with Gasteiger partial charge in [0.05, 0.1) is 31.5 Å². The SMILES string of the molecule is CC[Si](CC)(CC)O[C@@H](/C=C/C=C/C(C)=C/C=C/C(C)=C/C[C@H](C)N1C(=O)c2ccccc2C1=O)[C@@](C)(/C=C/C=C/C=C(C)/C=C(\OC)C(=O)OC)O[Si](CC)(CC)CC. The number of carbonyl (C=O) groups excluding carboxylic acids is 3. The number of imide groups is 1. The van der Waals surface area contributed by atoms with E-state index in [2.05, 4.69) is 97.9 Å². The number of ether oxygens (including phenoxy) is 2. The highest BCUT2D eigenvalue weighted by molar-refractivity contribution is 6.74. The Morgan fingerprint density at radius 1 is 0.717 bits per heavy atom. The van der Waals surface area contributed by atoms with Gasteiger partial charge in [0.1, 0.15) is 5.60 Å². The van der Waals surface area contributed by atoms with E-state index < -0.39 is 28.2 Å². The van der Waals surface area contributed by atoms with Crippen LogP contribution in [-0.4, -0.2) is 71.3 Å². The summed E-state index contributed by atoms with van der Waals surface area (Å²) in [6.45, 7) is 23.6. The average Bonchev–Trinajstić information content (AvgIpc) is 3.51. The second kappa shape index (κ2) is 25.4. The first-order chi connectivity index (χ1) is 28.6.